The van der Waals surface area contributed by atoms with Crippen LogP contribution in [0.5, 0.6) is 5.75 Å². The van der Waals surface area contributed by atoms with Crippen LogP contribution in [0.4, 0.5) is 0 Å². The quantitative estimate of drug-likeness (QED) is 0.829. The molecule has 1 amide bonds. The van der Waals surface area contributed by atoms with Gasteiger partial charge in [-0.25, -0.2) is 0 Å². The molecule has 2 aromatic rings. The average molecular weight is 343 g/mol. The highest BCUT2D eigenvalue weighted by Gasteiger charge is 2.36. The number of rotatable bonds is 2. The number of carbonyl (C=O) groups is 1. The summed E-state index contributed by atoms with van der Waals surface area (Å²) >= 11 is 0. The molecule has 0 spiro atoms. The molecule has 4 rings (SSSR count). The molecule has 0 radical (unpaired) electrons. The molecule has 7 heteroatoms. The number of morpholine rings is 1. The van der Waals surface area contributed by atoms with Gasteiger partial charge in [0.15, 0.2) is 12.2 Å². The zero-order valence-electron chi connectivity index (χ0n) is 14.6. The average Bonchev–Trinajstić information content (AvgIpc) is 3.21. The van der Waals surface area contributed by atoms with Crippen LogP contribution in [0, 0.1) is 20.8 Å². The zero-order valence-corrected chi connectivity index (χ0v) is 14.6. The summed E-state index contributed by atoms with van der Waals surface area (Å²) in [7, 11) is 0. The number of aromatic nitrogens is 2. The van der Waals surface area contributed by atoms with Crippen LogP contribution >= 0.6 is 0 Å². The molecule has 0 unspecified atom stereocenters. The molecule has 1 saturated heterocycles. The Hall–Kier alpha value is -2.41. The Labute approximate surface area is 145 Å². The van der Waals surface area contributed by atoms with Crippen molar-refractivity contribution in [2.75, 3.05) is 19.7 Å². The fourth-order valence-electron chi connectivity index (χ4n) is 3.30. The molecule has 0 bridgehead atoms. The molecule has 1 aromatic carbocycles. The van der Waals surface area contributed by atoms with Gasteiger partial charge in [0, 0.05) is 19.9 Å². The van der Waals surface area contributed by atoms with E-state index in [4.69, 9.17) is 13.9 Å². The fourth-order valence-corrected chi connectivity index (χ4v) is 3.30. The monoisotopic (exact) mass is 343 g/mol. The van der Waals surface area contributed by atoms with Crippen molar-refractivity contribution in [3.05, 3.63) is 40.6 Å². The van der Waals surface area contributed by atoms with Gasteiger partial charge in [0.25, 0.3) is 5.91 Å². The van der Waals surface area contributed by atoms with Crippen LogP contribution < -0.4 is 4.74 Å². The first-order chi connectivity index (χ1) is 12.0. The van der Waals surface area contributed by atoms with Crippen molar-refractivity contribution in [3.8, 4) is 5.75 Å². The van der Waals surface area contributed by atoms with Crippen LogP contribution in [0.15, 0.2) is 16.5 Å². The fraction of sp³-hybridized carbons (Fsp3) is 0.500. The van der Waals surface area contributed by atoms with E-state index in [0.717, 1.165) is 11.3 Å². The lowest BCUT2D eigenvalue weighted by Gasteiger charge is -2.32. The van der Waals surface area contributed by atoms with Crippen LogP contribution in [-0.4, -0.2) is 46.8 Å². The summed E-state index contributed by atoms with van der Waals surface area (Å²) in [5.41, 5.74) is 3.48. The summed E-state index contributed by atoms with van der Waals surface area (Å²) in [6.45, 7) is 7.23. The minimum absolute atomic E-state index is 0.0176. The predicted molar refractivity (Wildman–Crippen MR) is 88.3 cm³/mol. The van der Waals surface area contributed by atoms with Gasteiger partial charge >= 0.3 is 0 Å². The second-order valence-electron chi connectivity index (χ2n) is 6.66. The molecule has 0 saturated carbocycles. The Balaban J connectivity index is 1.46. The minimum atomic E-state index is -0.473. The van der Waals surface area contributed by atoms with E-state index in [0.29, 0.717) is 37.9 Å². The number of amides is 1. The van der Waals surface area contributed by atoms with Gasteiger partial charge < -0.3 is 18.8 Å². The minimum Gasteiger partial charge on any atom is -0.480 e. The van der Waals surface area contributed by atoms with Crippen molar-refractivity contribution >= 4 is 5.91 Å². The van der Waals surface area contributed by atoms with E-state index in [9.17, 15) is 4.79 Å². The summed E-state index contributed by atoms with van der Waals surface area (Å²) in [6, 6.07) is 4.13. The van der Waals surface area contributed by atoms with E-state index < -0.39 is 6.10 Å². The van der Waals surface area contributed by atoms with Gasteiger partial charge in [0.2, 0.25) is 11.8 Å². The number of fused-ring (bicyclic) bond motifs is 1. The second-order valence-corrected chi connectivity index (χ2v) is 6.66. The Kier molecular flexibility index (Phi) is 3.95. The molecule has 2 aliphatic rings. The molecule has 7 nitrogen and oxygen atoms in total. The highest BCUT2D eigenvalue weighted by atomic mass is 16.5. The number of hydrogen-bond donors (Lipinski definition) is 0. The lowest BCUT2D eigenvalue weighted by Crippen LogP contribution is -2.48. The smallest absolute Gasteiger partial charge is 0.264 e. The summed E-state index contributed by atoms with van der Waals surface area (Å²) in [5.74, 6) is 1.70. The SMILES string of the molecule is Cc1nnc([C@@H]2CN(C(=O)[C@@H]3Cc4cc(C)c(C)cc4O3)CCO2)o1. The number of hydrogen-bond acceptors (Lipinski definition) is 6. The zero-order chi connectivity index (χ0) is 17.6. The van der Waals surface area contributed by atoms with Crippen molar-refractivity contribution in [2.24, 2.45) is 0 Å². The van der Waals surface area contributed by atoms with E-state index in [1.165, 1.54) is 11.1 Å². The predicted octanol–water partition coefficient (Wildman–Crippen LogP) is 1.90. The molecule has 1 aromatic heterocycles. The number of carbonyl (C=O) groups excluding carboxylic acids is 1. The van der Waals surface area contributed by atoms with E-state index in [2.05, 4.69) is 23.2 Å². The van der Waals surface area contributed by atoms with Crippen molar-refractivity contribution in [1.82, 2.24) is 15.1 Å². The molecule has 0 N–H and O–H groups in total. The maximum atomic E-state index is 12.9. The Bertz CT molecular complexity index is 786. The number of ether oxygens (including phenoxy) is 2. The maximum absolute atomic E-state index is 12.9. The molecule has 2 atom stereocenters. The summed E-state index contributed by atoms with van der Waals surface area (Å²) in [5, 5.41) is 7.83. The molecule has 1 fully saturated rings. The number of nitrogens with zero attached hydrogens (tertiary/aromatic N) is 3. The normalized spacial score (nSPS) is 22.6. The Morgan fingerprint density at radius 3 is 2.76 bits per heavy atom. The Morgan fingerprint density at radius 1 is 1.20 bits per heavy atom. The summed E-state index contributed by atoms with van der Waals surface area (Å²) < 4.78 is 17.0. The molecule has 132 valence electrons. The van der Waals surface area contributed by atoms with Crippen LogP contribution in [0.25, 0.3) is 0 Å². The van der Waals surface area contributed by atoms with Crippen molar-refractivity contribution in [1.29, 1.82) is 0 Å². The molecule has 3 heterocycles. The topological polar surface area (TPSA) is 77.7 Å². The van der Waals surface area contributed by atoms with Gasteiger partial charge in [-0.15, -0.1) is 10.2 Å². The van der Waals surface area contributed by atoms with Crippen LogP contribution in [0.3, 0.4) is 0 Å². The first-order valence-corrected chi connectivity index (χ1v) is 8.48. The van der Waals surface area contributed by atoms with Gasteiger partial charge in [0.05, 0.1) is 13.2 Å². The third-order valence-corrected chi connectivity index (χ3v) is 4.82. The lowest BCUT2D eigenvalue weighted by atomic mass is 10.0. The highest BCUT2D eigenvalue weighted by molar-refractivity contribution is 5.83. The summed E-state index contributed by atoms with van der Waals surface area (Å²) in [6.07, 6.45) is -0.247. The van der Waals surface area contributed by atoms with Crippen molar-refractivity contribution in [3.63, 3.8) is 0 Å². The van der Waals surface area contributed by atoms with Gasteiger partial charge in [-0.1, -0.05) is 6.07 Å². The van der Waals surface area contributed by atoms with Gasteiger partial charge in [-0.3, -0.25) is 4.79 Å². The van der Waals surface area contributed by atoms with E-state index in [1.807, 2.05) is 13.0 Å². The van der Waals surface area contributed by atoms with E-state index >= 15 is 0 Å². The number of aryl methyl sites for hydroxylation is 3. The van der Waals surface area contributed by atoms with Gasteiger partial charge in [0.1, 0.15) is 5.75 Å². The van der Waals surface area contributed by atoms with Crippen molar-refractivity contribution < 1.29 is 18.7 Å². The van der Waals surface area contributed by atoms with Gasteiger partial charge in [-0.05, 0) is 36.6 Å². The second kappa shape index (κ2) is 6.15. The van der Waals surface area contributed by atoms with Crippen LogP contribution in [0.1, 0.15) is 34.6 Å². The van der Waals surface area contributed by atoms with Gasteiger partial charge in [-0.2, -0.15) is 0 Å². The molecule has 2 aliphatic heterocycles. The summed E-state index contributed by atoms with van der Waals surface area (Å²) in [4.78, 5) is 14.7. The van der Waals surface area contributed by atoms with Crippen molar-refractivity contribution in [2.45, 2.75) is 39.4 Å². The van der Waals surface area contributed by atoms with E-state index in [-0.39, 0.29) is 12.0 Å². The molecule has 0 aliphatic carbocycles. The highest BCUT2D eigenvalue weighted by Crippen LogP contribution is 2.32. The first kappa shape index (κ1) is 16.1. The third-order valence-electron chi connectivity index (χ3n) is 4.82. The van der Waals surface area contributed by atoms with E-state index in [1.54, 1.807) is 11.8 Å². The molecule has 25 heavy (non-hydrogen) atoms. The molecular formula is C18H21N3O4. The number of benzene rings is 1. The largest absolute Gasteiger partial charge is 0.480 e. The standard InChI is InChI=1S/C18H21N3O4/c1-10-6-13-8-15(25-14(13)7-11(10)2)18(22)21-4-5-23-16(9-21)17-20-19-12(3)24-17/h6-7,15-16H,4-5,8-9H2,1-3H3/t15-,16-/m0/s1. The van der Waals surface area contributed by atoms with Crippen LogP contribution in [0.2, 0.25) is 0 Å². The first-order valence-electron chi connectivity index (χ1n) is 8.48. The molecular weight excluding hydrogens is 322 g/mol. The third kappa shape index (κ3) is 3.00. The lowest BCUT2D eigenvalue weighted by molar-refractivity contribution is -0.146. The maximum Gasteiger partial charge on any atom is 0.264 e. The van der Waals surface area contributed by atoms with Crippen LogP contribution in [-0.2, 0) is 16.0 Å². The Morgan fingerprint density at radius 2 is 2.00 bits per heavy atom.